The van der Waals surface area contributed by atoms with Crippen molar-refractivity contribution in [2.24, 2.45) is 5.92 Å². The molecule has 1 fully saturated rings. The number of aromatic nitrogens is 1. The van der Waals surface area contributed by atoms with Gasteiger partial charge in [0.05, 0.1) is 6.61 Å². The largest absolute Gasteiger partial charge is 0.477 e. The normalized spacial score (nSPS) is 17.1. The zero-order chi connectivity index (χ0) is 13.2. The van der Waals surface area contributed by atoms with Crippen molar-refractivity contribution < 1.29 is 17.9 Å². The molecule has 1 heterocycles. The summed E-state index contributed by atoms with van der Waals surface area (Å²) >= 11 is 0. The third-order valence-corrected chi connectivity index (χ3v) is 3.27. The molecule has 0 N–H and O–H groups in total. The molecule has 1 aromatic rings. The molecule has 2 rings (SSSR count). The summed E-state index contributed by atoms with van der Waals surface area (Å²) in [7, 11) is 0. The van der Waals surface area contributed by atoms with Gasteiger partial charge in [-0.2, -0.15) is 13.2 Å². The number of nitrogens with zero attached hydrogens (tertiary/aromatic N) is 1. The highest BCUT2D eigenvalue weighted by atomic mass is 19.4. The summed E-state index contributed by atoms with van der Waals surface area (Å²) in [5.74, 6) is 0.567. The summed E-state index contributed by atoms with van der Waals surface area (Å²) in [4.78, 5) is 3.56. The summed E-state index contributed by atoms with van der Waals surface area (Å²) in [6, 6.07) is 2.39. The van der Waals surface area contributed by atoms with Crippen LogP contribution >= 0.6 is 0 Å². The maximum Gasteiger partial charge on any atom is 0.433 e. The Morgan fingerprint density at radius 3 is 2.56 bits per heavy atom. The highest BCUT2D eigenvalue weighted by Crippen LogP contribution is 2.31. The van der Waals surface area contributed by atoms with Crippen LogP contribution in [0.25, 0.3) is 0 Å². The molecule has 5 heteroatoms. The quantitative estimate of drug-likeness (QED) is 0.819. The molecule has 0 aromatic carbocycles. The molecule has 1 saturated carbocycles. The number of aryl methyl sites for hydroxylation is 1. The molecular formula is C13H16F3NO. The fourth-order valence-electron chi connectivity index (χ4n) is 2.19. The van der Waals surface area contributed by atoms with Crippen LogP contribution in [-0.2, 0) is 6.18 Å². The zero-order valence-electron chi connectivity index (χ0n) is 10.3. The molecule has 0 amide bonds. The van der Waals surface area contributed by atoms with E-state index >= 15 is 0 Å². The molecule has 1 aliphatic rings. The van der Waals surface area contributed by atoms with Crippen LogP contribution in [0, 0.1) is 12.8 Å². The van der Waals surface area contributed by atoms with Crippen LogP contribution < -0.4 is 4.74 Å². The Kier molecular flexibility index (Phi) is 3.78. The number of hydrogen-bond acceptors (Lipinski definition) is 2. The van der Waals surface area contributed by atoms with Crippen LogP contribution in [0.1, 0.15) is 36.9 Å². The molecule has 0 atom stereocenters. The van der Waals surface area contributed by atoms with Gasteiger partial charge in [0, 0.05) is 5.56 Å². The Balaban J connectivity index is 2.06. The van der Waals surface area contributed by atoms with Gasteiger partial charge in [-0.1, -0.05) is 18.9 Å². The lowest BCUT2D eigenvalue weighted by Gasteiger charge is -2.14. The first-order valence-corrected chi connectivity index (χ1v) is 6.14. The van der Waals surface area contributed by atoms with Gasteiger partial charge in [-0.25, -0.2) is 4.98 Å². The van der Waals surface area contributed by atoms with Gasteiger partial charge in [-0.15, -0.1) is 0 Å². The zero-order valence-corrected chi connectivity index (χ0v) is 10.3. The Morgan fingerprint density at radius 1 is 1.28 bits per heavy atom. The van der Waals surface area contributed by atoms with Crippen LogP contribution in [0.4, 0.5) is 13.2 Å². The van der Waals surface area contributed by atoms with Crippen molar-refractivity contribution in [1.82, 2.24) is 4.98 Å². The van der Waals surface area contributed by atoms with E-state index in [0.29, 0.717) is 18.1 Å². The Morgan fingerprint density at radius 2 is 1.94 bits per heavy atom. The Labute approximate surface area is 104 Å². The van der Waals surface area contributed by atoms with E-state index < -0.39 is 11.9 Å². The number of alkyl halides is 3. The van der Waals surface area contributed by atoms with E-state index in [1.807, 2.05) is 0 Å². The molecule has 0 unspecified atom stereocenters. The van der Waals surface area contributed by atoms with Crippen LogP contribution in [-0.4, -0.2) is 11.6 Å². The molecule has 18 heavy (non-hydrogen) atoms. The monoisotopic (exact) mass is 259 g/mol. The standard InChI is InChI=1S/C13H16F3NO/c1-9-6-7-11(13(14,15)16)17-12(9)18-8-10-4-2-3-5-10/h6-7,10H,2-5,8H2,1H3. The van der Waals surface area contributed by atoms with Gasteiger partial charge < -0.3 is 4.74 Å². The second-order valence-electron chi connectivity index (χ2n) is 4.78. The lowest BCUT2D eigenvalue weighted by atomic mass is 10.1. The Bertz CT molecular complexity index is 411. The van der Waals surface area contributed by atoms with Crippen LogP contribution in [0.5, 0.6) is 5.88 Å². The molecule has 0 bridgehead atoms. The lowest BCUT2D eigenvalue weighted by Crippen LogP contribution is -2.13. The molecule has 0 spiro atoms. The summed E-state index contributed by atoms with van der Waals surface area (Å²) in [5, 5.41) is 0. The average Bonchev–Trinajstić information content (AvgIpc) is 2.79. The molecule has 0 aliphatic heterocycles. The second-order valence-corrected chi connectivity index (χ2v) is 4.78. The average molecular weight is 259 g/mol. The van der Waals surface area contributed by atoms with Gasteiger partial charge in [-0.3, -0.25) is 0 Å². The minimum absolute atomic E-state index is 0.108. The predicted octanol–water partition coefficient (Wildman–Crippen LogP) is 3.98. The first-order chi connectivity index (χ1) is 8.47. The maximum atomic E-state index is 12.5. The summed E-state index contributed by atoms with van der Waals surface area (Å²) in [5.41, 5.74) is -0.254. The van der Waals surface area contributed by atoms with E-state index in [0.717, 1.165) is 18.9 Å². The van der Waals surface area contributed by atoms with E-state index in [4.69, 9.17) is 4.74 Å². The van der Waals surface area contributed by atoms with Gasteiger partial charge in [-0.05, 0) is 31.7 Å². The number of rotatable bonds is 3. The minimum atomic E-state index is -4.42. The van der Waals surface area contributed by atoms with Crippen LogP contribution in [0.3, 0.4) is 0 Å². The maximum absolute atomic E-state index is 12.5. The predicted molar refractivity (Wildman–Crippen MR) is 61.4 cm³/mol. The molecule has 1 aliphatic carbocycles. The van der Waals surface area contributed by atoms with E-state index in [9.17, 15) is 13.2 Å². The SMILES string of the molecule is Cc1ccc(C(F)(F)F)nc1OCC1CCCC1. The van der Waals surface area contributed by atoms with Gasteiger partial charge in [0.25, 0.3) is 0 Å². The van der Waals surface area contributed by atoms with Gasteiger partial charge >= 0.3 is 6.18 Å². The third-order valence-electron chi connectivity index (χ3n) is 3.27. The van der Waals surface area contributed by atoms with E-state index in [2.05, 4.69) is 4.98 Å². The lowest BCUT2D eigenvalue weighted by molar-refractivity contribution is -0.141. The van der Waals surface area contributed by atoms with Crippen molar-refractivity contribution in [3.8, 4) is 5.88 Å². The smallest absolute Gasteiger partial charge is 0.433 e. The van der Waals surface area contributed by atoms with Crippen LogP contribution in [0.2, 0.25) is 0 Å². The Hall–Kier alpha value is -1.26. The van der Waals surface area contributed by atoms with Crippen molar-refractivity contribution >= 4 is 0 Å². The second kappa shape index (κ2) is 5.16. The molecule has 2 nitrogen and oxygen atoms in total. The van der Waals surface area contributed by atoms with Crippen molar-refractivity contribution in [2.45, 2.75) is 38.8 Å². The van der Waals surface area contributed by atoms with E-state index in [1.165, 1.54) is 18.9 Å². The highest BCUT2D eigenvalue weighted by Gasteiger charge is 2.33. The topological polar surface area (TPSA) is 22.1 Å². The van der Waals surface area contributed by atoms with Crippen molar-refractivity contribution in [3.63, 3.8) is 0 Å². The number of pyridine rings is 1. The van der Waals surface area contributed by atoms with Crippen molar-refractivity contribution in [3.05, 3.63) is 23.4 Å². The molecule has 0 saturated heterocycles. The number of halogens is 3. The van der Waals surface area contributed by atoms with E-state index in [1.54, 1.807) is 6.92 Å². The fourth-order valence-corrected chi connectivity index (χ4v) is 2.19. The summed E-state index contributed by atoms with van der Waals surface area (Å²) in [6.07, 6.45) is 0.140. The van der Waals surface area contributed by atoms with Gasteiger partial charge in [0.2, 0.25) is 5.88 Å². The first kappa shape index (κ1) is 13.2. The molecule has 0 radical (unpaired) electrons. The summed E-state index contributed by atoms with van der Waals surface area (Å²) in [6.45, 7) is 2.17. The highest BCUT2D eigenvalue weighted by molar-refractivity contribution is 5.27. The van der Waals surface area contributed by atoms with Crippen molar-refractivity contribution in [1.29, 1.82) is 0 Å². The third kappa shape index (κ3) is 3.15. The minimum Gasteiger partial charge on any atom is -0.477 e. The van der Waals surface area contributed by atoms with Gasteiger partial charge in [0.1, 0.15) is 5.69 Å². The first-order valence-electron chi connectivity index (χ1n) is 6.14. The molecule has 100 valence electrons. The fraction of sp³-hybridized carbons (Fsp3) is 0.615. The van der Waals surface area contributed by atoms with Gasteiger partial charge in [0.15, 0.2) is 0 Å². The summed E-state index contributed by atoms with van der Waals surface area (Å²) < 4.78 is 43.0. The number of hydrogen-bond donors (Lipinski definition) is 0. The van der Waals surface area contributed by atoms with E-state index in [-0.39, 0.29) is 5.88 Å². The van der Waals surface area contributed by atoms with Crippen LogP contribution in [0.15, 0.2) is 12.1 Å². The van der Waals surface area contributed by atoms with Crippen molar-refractivity contribution in [2.75, 3.05) is 6.61 Å². The molecule has 1 aromatic heterocycles. The number of ether oxygens (including phenoxy) is 1. The molecular weight excluding hydrogens is 243 g/mol.